The quantitative estimate of drug-likeness (QED) is 0.882. The highest BCUT2D eigenvalue weighted by molar-refractivity contribution is 6.31. The van der Waals surface area contributed by atoms with Crippen LogP contribution >= 0.6 is 11.6 Å². The maximum Gasteiger partial charge on any atom is 0.161 e. The van der Waals surface area contributed by atoms with Gasteiger partial charge in [0.1, 0.15) is 0 Å². The van der Waals surface area contributed by atoms with Crippen LogP contribution in [0.3, 0.4) is 0 Å². The average molecular weight is 332 g/mol. The summed E-state index contributed by atoms with van der Waals surface area (Å²) in [6.07, 6.45) is 0.975. The zero-order chi connectivity index (χ0) is 16.2. The van der Waals surface area contributed by atoms with Crippen LogP contribution in [0, 0.1) is 0 Å². The van der Waals surface area contributed by atoms with Crippen molar-refractivity contribution in [1.82, 2.24) is 5.32 Å². The molecule has 1 heterocycles. The highest BCUT2D eigenvalue weighted by Gasteiger charge is 2.25. The summed E-state index contributed by atoms with van der Waals surface area (Å²) < 4.78 is 11.5. The van der Waals surface area contributed by atoms with Crippen LogP contribution in [-0.4, -0.2) is 19.8 Å². The van der Waals surface area contributed by atoms with Crippen LogP contribution < -0.4 is 14.8 Å². The van der Waals surface area contributed by atoms with Gasteiger partial charge in [0.25, 0.3) is 0 Å². The molecule has 1 aliphatic rings. The highest BCUT2D eigenvalue weighted by atomic mass is 35.5. The standard InChI is InChI=1S/C19H22ClNO2/c1-3-22-17-11-13-9-10-21-19(14-7-5-6-8-16(14)20)15(13)12-18(17)23-4-2/h5-8,11-12,19,21H,3-4,9-10H2,1-2H3. The Balaban J connectivity index is 2.07. The highest BCUT2D eigenvalue weighted by Crippen LogP contribution is 2.39. The molecule has 0 aromatic heterocycles. The molecule has 0 saturated heterocycles. The van der Waals surface area contributed by atoms with Crippen LogP contribution in [0.5, 0.6) is 11.5 Å². The summed E-state index contributed by atoms with van der Waals surface area (Å²) in [5.41, 5.74) is 3.61. The number of benzene rings is 2. The number of ether oxygens (including phenoxy) is 2. The van der Waals surface area contributed by atoms with Gasteiger partial charge in [-0.25, -0.2) is 0 Å². The topological polar surface area (TPSA) is 30.5 Å². The molecule has 1 aliphatic heterocycles. The first-order chi connectivity index (χ1) is 11.2. The Labute approximate surface area is 142 Å². The first-order valence-electron chi connectivity index (χ1n) is 8.14. The number of rotatable bonds is 5. The zero-order valence-electron chi connectivity index (χ0n) is 13.6. The van der Waals surface area contributed by atoms with Gasteiger partial charge in [-0.2, -0.15) is 0 Å². The van der Waals surface area contributed by atoms with Crippen LogP contribution in [0.2, 0.25) is 5.02 Å². The van der Waals surface area contributed by atoms with Gasteiger partial charge in [0.15, 0.2) is 11.5 Å². The summed E-state index contributed by atoms with van der Waals surface area (Å²) in [5, 5.41) is 4.35. The monoisotopic (exact) mass is 331 g/mol. The summed E-state index contributed by atoms with van der Waals surface area (Å²) >= 11 is 6.41. The largest absolute Gasteiger partial charge is 0.490 e. The van der Waals surface area contributed by atoms with Crippen molar-refractivity contribution in [3.8, 4) is 11.5 Å². The molecule has 0 bridgehead atoms. The van der Waals surface area contributed by atoms with E-state index in [9.17, 15) is 0 Å². The van der Waals surface area contributed by atoms with Crippen molar-refractivity contribution < 1.29 is 9.47 Å². The minimum absolute atomic E-state index is 0.0855. The van der Waals surface area contributed by atoms with E-state index in [1.165, 1.54) is 11.1 Å². The molecule has 0 radical (unpaired) electrons. The van der Waals surface area contributed by atoms with Gasteiger partial charge in [-0.1, -0.05) is 29.8 Å². The minimum atomic E-state index is 0.0855. The van der Waals surface area contributed by atoms with Crippen molar-refractivity contribution >= 4 is 11.6 Å². The Morgan fingerprint density at radius 1 is 1.04 bits per heavy atom. The molecule has 4 heteroatoms. The van der Waals surface area contributed by atoms with Crippen molar-refractivity contribution in [3.63, 3.8) is 0 Å². The smallest absolute Gasteiger partial charge is 0.161 e. The van der Waals surface area contributed by atoms with E-state index in [4.69, 9.17) is 21.1 Å². The summed E-state index contributed by atoms with van der Waals surface area (Å²) in [5.74, 6) is 1.63. The summed E-state index contributed by atoms with van der Waals surface area (Å²) in [4.78, 5) is 0. The minimum Gasteiger partial charge on any atom is -0.490 e. The maximum atomic E-state index is 6.41. The van der Waals surface area contributed by atoms with Crippen molar-refractivity contribution in [1.29, 1.82) is 0 Å². The Morgan fingerprint density at radius 2 is 1.74 bits per heavy atom. The van der Waals surface area contributed by atoms with Crippen LogP contribution in [0.15, 0.2) is 36.4 Å². The van der Waals surface area contributed by atoms with Gasteiger partial charge in [0, 0.05) is 11.6 Å². The van der Waals surface area contributed by atoms with Crippen molar-refractivity contribution in [2.24, 2.45) is 0 Å². The third-order valence-corrected chi connectivity index (χ3v) is 4.42. The van der Waals surface area contributed by atoms with Crippen LogP contribution in [0.1, 0.15) is 36.6 Å². The molecule has 0 saturated carbocycles. The first kappa shape index (κ1) is 16.2. The fourth-order valence-electron chi connectivity index (χ4n) is 3.09. The zero-order valence-corrected chi connectivity index (χ0v) is 14.3. The lowest BCUT2D eigenvalue weighted by Gasteiger charge is -2.29. The molecule has 1 atom stereocenters. The normalized spacial score (nSPS) is 16.7. The molecule has 2 aromatic rings. The van der Waals surface area contributed by atoms with Crippen molar-refractivity contribution in [3.05, 3.63) is 58.1 Å². The fraction of sp³-hybridized carbons (Fsp3) is 0.368. The van der Waals surface area contributed by atoms with Gasteiger partial charge in [-0.3, -0.25) is 0 Å². The van der Waals surface area contributed by atoms with Crippen molar-refractivity contribution in [2.75, 3.05) is 19.8 Å². The SMILES string of the molecule is CCOc1cc2c(cc1OCC)C(c1ccccc1Cl)NCC2. The third kappa shape index (κ3) is 3.31. The Morgan fingerprint density at radius 3 is 2.43 bits per heavy atom. The average Bonchev–Trinajstić information content (AvgIpc) is 2.56. The Hall–Kier alpha value is -1.71. The Bertz CT molecular complexity index is 687. The lowest BCUT2D eigenvalue weighted by atomic mass is 9.89. The van der Waals surface area contributed by atoms with Crippen molar-refractivity contribution in [2.45, 2.75) is 26.3 Å². The second-order valence-corrected chi connectivity index (χ2v) is 5.93. The van der Waals surface area contributed by atoms with Gasteiger partial charge >= 0.3 is 0 Å². The van der Waals surface area contributed by atoms with Gasteiger partial charge in [-0.15, -0.1) is 0 Å². The van der Waals surface area contributed by atoms with Crippen LogP contribution in [0.25, 0.3) is 0 Å². The van der Waals surface area contributed by atoms with E-state index in [0.29, 0.717) is 13.2 Å². The first-order valence-corrected chi connectivity index (χ1v) is 8.52. The van der Waals surface area contributed by atoms with E-state index in [0.717, 1.165) is 35.1 Å². The Kier molecular flexibility index (Phi) is 5.09. The van der Waals surface area contributed by atoms with E-state index in [2.05, 4.69) is 23.5 Å². The molecule has 3 nitrogen and oxygen atoms in total. The fourth-order valence-corrected chi connectivity index (χ4v) is 3.33. The molecule has 0 aliphatic carbocycles. The summed E-state index contributed by atoms with van der Waals surface area (Å²) in [6.45, 7) is 6.14. The third-order valence-electron chi connectivity index (χ3n) is 4.08. The molecule has 2 aromatic carbocycles. The molecule has 3 rings (SSSR count). The molecular formula is C19H22ClNO2. The second-order valence-electron chi connectivity index (χ2n) is 5.52. The second kappa shape index (κ2) is 7.24. The maximum absolute atomic E-state index is 6.41. The molecule has 0 amide bonds. The van der Waals surface area contributed by atoms with Crippen LogP contribution in [0.4, 0.5) is 0 Å². The molecule has 122 valence electrons. The number of hydrogen-bond acceptors (Lipinski definition) is 3. The molecule has 1 unspecified atom stereocenters. The van der Waals surface area contributed by atoms with E-state index in [1.54, 1.807) is 0 Å². The lowest BCUT2D eigenvalue weighted by molar-refractivity contribution is 0.286. The van der Waals surface area contributed by atoms with Gasteiger partial charge in [0.05, 0.1) is 19.3 Å². The predicted molar refractivity (Wildman–Crippen MR) is 93.8 cm³/mol. The molecule has 1 N–H and O–H groups in total. The van der Waals surface area contributed by atoms with Gasteiger partial charge in [-0.05, 0) is 55.2 Å². The predicted octanol–water partition coefficient (Wildman–Crippen LogP) is 4.37. The van der Waals surface area contributed by atoms with Gasteiger partial charge < -0.3 is 14.8 Å². The summed E-state index contributed by atoms with van der Waals surface area (Å²) in [7, 11) is 0. The number of fused-ring (bicyclic) bond motifs is 1. The lowest BCUT2D eigenvalue weighted by Crippen LogP contribution is -2.30. The molecule has 0 fully saturated rings. The van der Waals surface area contributed by atoms with E-state index >= 15 is 0 Å². The van der Waals surface area contributed by atoms with Crippen LogP contribution in [-0.2, 0) is 6.42 Å². The van der Waals surface area contributed by atoms with E-state index in [1.807, 2.05) is 32.0 Å². The van der Waals surface area contributed by atoms with Gasteiger partial charge in [0.2, 0.25) is 0 Å². The van der Waals surface area contributed by atoms with E-state index in [-0.39, 0.29) is 6.04 Å². The number of hydrogen-bond donors (Lipinski definition) is 1. The number of halogens is 1. The van der Waals surface area contributed by atoms with E-state index < -0.39 is 0 Å². The summed E-state index contributed by atoms with van der Waals surface area (Å²) in [6, 6.07) is 12.3. The number of nitrogens with one attached hydrogen (secondary N) is 1. The molecule has 23 heavy (non-hydrogen) atoms. The molecular weight excluding hydrogens is 310 g/mol. The molecule has 0 spiro atoms.